The lowest BCUT2D eigenvalue weighted by atomic mass is 9.85. The van der Waals surface area contributed by atoms with E-state index >= 15 is 0 Å². The van der Waals surface area contributed by atoms with E-state index in [2.05, 4.69) is 61.4 Å². The summed E-state index contributed by atoms with van der Waals surface area (Å²) in [5.74, 6) is 0.711. The quantitative estimate of drug-likeness (QED) is 0.804. The highest BCUT2D eigenvalue weighted by atomic mass is 15.3. The molecule has 1 saturated carbocycles. The zero-order valence-corrected chi connectivity index (χ0v) is 18.3. The van der Waals surface area contributed by atoms with Gasteiger partial charge >= 0.3 is 0 Å². The summed E-state index contributed by atoms with van der Waals surface area (Å²) in [5.41, 5.74) is 4.27. The second kappa shape index (κ2) is 9.52. The number of hydrogen-bond donors (Lipinski definition) is 1. The van der Waals surface area contributed by atoms with Crippen LogP contribution in [0.4, 0.5) is 5.69 Å². The molecule has 30 heavy (non-hydrogen) atoms. The number of rotatable bonds is 5. The van der Waals surface area contributed by atoms with E-state index in [-0.39, 0.29) is 0 Å². The molecule has 1 N–H and O–H groups in total. The molecule has 0 unspecified atom stereocenters. The Morgan fingerprint density at radius 3 is 2.47 bits per heavy atom. The number of para-hydroxylation sites is 1. The maximum absolute atomic E-state index is 4.44. The Labute approximate surface area is 181 Å². The summed E-state index contributed by atoms with van der Waals surface area (Å²) < 4.78 is 0. The van der Waals surface area contributed by atoms with Crippen LogP contribution in [0.25, 0.3) is 0 Å². The minimum absolute atomic E-state index is 0.710. The van der Waals surface area contributed by atoms with Crippen LogP contribution < -0.4 is 4.90 Å². The van der Waals surface area contributed by atoms with Gasteiger partial charge in [0.2, 0.25) is 0 Å². The predicted molar refractivity (Wildman–Crippen MR) is 123 cm³/mol. The largest absolute Gasteiger partial charge is 0.369 e. The Balaban J connectivity index is 1.16. The SMILES string of the molecule is c1ccc(N2CCN([C@@H]3CCCN(Cc4cn[nH]c4C4CCCCC4)C3)CC2)cc1. The maximum atomic E-state index is 4.44. The van der Waals surface area contributed by atoms with Crippen LogP contribution in [0.2, 0.25) is 0 Å². The molecule has 2 aliphatic heterocycles. The minimum Gasteiger partial charge on any atom is -0.369 e. The molecule has 5 heteroatoms. The summed E-state index contributed by atoms with van der Waals surface area (Å²) in [5, 5.41) is 7.81. The smallest absolute Gasteiger partial charge is 0.0535 e. The zero-order valence-electron chi connectivity index (χ0n) is 18.3. The van der Waals surface area contributed by atoms with Gasteiger partial charge in [0.15, 0.2) is 0 Å². The van der Waals surface area contributed by atoms with Gasteiger partial charge in [-0.05, 0) is 44.4 Å². The molecule has 3 heterocycles. The summed E-state index contributed by atoms with van der Waals surface area (Å²) >= 11 is 0. The van der Waals surface area contributed by atoms with Crippen LogP contribution in [0.5, 0.6) is 0 Å². The molecule has 2 aromatic rings. The lowest BCUT2D eigenvalue weighted by Gasteiger charge is -2.44. The van der Waals surface area contributed by atoms with E-state index in [9.17, 15) is 0 Å². The van der Waals surface area contributed by atoms with Gasteiger partial charge < -0.3 is 4.90 Å². The first-order valence-electron chi connectivity index (χ1n) is 12.2. The number of hydrogen-bond acceptors (Lipinski definition) is 4. The van der Waals surface area contributed by atoms with Crippen LogP contribution in [0.1, 0.15) is 62.1 Å². The Kier molecular flexibility index (Phi) is 6.37. The third-order valence-corrected chi connectivity index (χ3v) is 7.59. The molecule has 3 fully saturated rings. The van der Waals surface area contributed by atoms with Crippen molar-refractivity contribution in [2.45, 2.75) is 63.5 Å². The molecule has 1 aromatic carbocycles. The molecule has 1 aromatic heterocycles. The Bertz CT molecular complexity index is 774. The number of piperidine rings is 1. The normalized spacial score (nSPS) is 24.9. The Hall–Kier alpha value is -1.85. The first-order valence-corrected chi connectivity index (χ1v) is 12.2. The molecule has 2 saturated heterocycles. The van der Waals surface area contributed by atoms with Gasteiger partial charge in [0, 0.05) is 68.2 Å². The van der Waals surface area contributed by atoms with E-state index in [0.29, 0.717) is 12.0 Å². The Morgan fingerprint density at radius 1 is 0.867 bits per heavy atom. The number of aromatic nitrogens is 2. The van der Waals surface area contributed by atoms with Crippen molar-refractivity contribution >= 4 is 5.69 Å². The number of nitrogens with zero attached hydrogens (tertiary/aromatic N) is 4. The molecule has 1 aliphatic carbocycles. The molecule has 3 aliphatic rings. The lowest BCUT2D eigenvalue weighted by molar-refractivity contribution is 0.0885. The van der Waals surface area contributed by atoms with E-state index in [4.69, 9.17) is 0 Å². The van der Waals surface area contributed by atoms with E-state index in [1.807, 2.05) is 0 Å². The fraction of sp³-hybridized carbons (Fsp3) is 0.640. The van der Waals surface area contributed by atoms with Crippen molar-refractivity contribution < 1.29 is 0 Å². The van der Waals surface area contributed by atoms with Gasteiger partial charge in [-0.15, -0.1) is 0 Å². The number of nitrogens with one attached hydrogen (secondary N) is 1. The summed E-state index contributed by atoms with van der Waals surface area (Å²) in [6.45, 7) is 8.18. The second-order valence-corrected chi connectivity index (χ2v) is 9.53. The highest BCUT2D eigenvalue weighted by Gasteiger charge is 2.29. The zero-order chi connectivity index (χ0) is 20.2. The van der Waals surface area contributed by atoms with Crippen LogP contribution in [0.3, 0.4) is 0 Å². The molecule has 0 radical (unpaired) electrons. The summed E-state index contributed by atoms with van der Waals surface area (Å²) in [6, 6.07) is 11.6. The monoisotopic (exact) mass is 407 g/mol. The van der Waals surface area contributed by atoms with E-state index in [1.165, 1.54) is 88.1 Å². The fourth-order valence-electron chi connectivity index (χ4n) is 5.89. The van der Waals surface area contributed by atoms with E-state index in [1.54, 1.807) is 0 Å². The molecule has 5 nitrogen and oxygen atoms in total. The van der Waals surface area contributed by atoms with Gasteiger partial charge in [-0.25, -0.2) is 0 Å². The number of H-pyrrole nitrogens is 1. The first kappa shape index (κ1) is 20.1. The van der Waals surface area contributed by atoms with Crippen molar-refractivity contribution in [1.29, 1.82) is 0 Å². The molecular formula is C25H37N5. The topological polar surface area (TPSA) is 38.4 Å². The summed E-state index contributed by atoms with van der Waals surface area (Å²) in [4.78, 5) is 7.98. The van der Waals surface area contributed by atoms with Crippen LogP contribution in [-0.4, -0.2) is 65.3 Å². The molecule has 5 rings (SSSR count). The number of piperazine rings is 1. The molecule has 0 spiro atoms. The average molecular weight is 408 g/mol. The van der Waals surface area contributed by atoms with Crippen molar-refractivity contribution in [3.05, 3.63) is 47.8 Å². The number of anilines is 1. The van der Waals surface area contributed by atoms with Crippen molar-refractivity contribution in [2.24, 2.45) is 0 Å². The predicted octanol–water partition coefficient (Wildman–Crippen LogP) is 4.24. The van der Waals surface area contributed by atoms with Gasteiger partial charge in [0.05, 0.1) is 6.20 Å². The van der Waals surface area contributed by atoms with Gasteiger partial charge in [-0.3, -0.25) is 14.9 Å². The highest BCUT2D eigenvalue weighted by molar-refractivity contribution is 5.46. The average Bonchev–Trinajstić information content (AvgIpc) is 3.29. The molecule has 0 amide bonds. The number of aromatic amines is 1. The second-order valence-electron chi connectivity index (χ2n) is 9.53. The molecule has 162 valence electrons. The molecular weight excluding hydrogens is 370 g/mol. The van der Waals surface area contributed by atoms with Gasteiger partial charge in [-0.2, -0.15) is 5.10 Å². The third kappa shape index (κ3) is 4.57. The van der Waals surface area contributed by atoms with Gasteiger partial charge in [-0.1, -0.05) is 37.5 Å². The number of likely N-dealkylation sites (tertiary alicyclic amines) is 1. The van der Waals surface area contributed by atoms with Crippen molar-refractivity contribution in [1.82, 2.24) is 20.0 Å². The number of benzene rings is 1. The first-order chi connectivity index (χ1) is 14.9. The molecule has 0 bridgehead atoms. The minimum atomic E-state index is 0.710. The van der Waals surface area contributed by atoms with Crippen LogP contribution >= 0.6 is 0 Å². The standard InChI is InChI=1S/C25H37N5/c1-3-8-21(9-4-1)25-22(18-26-27-25)19-28-13-7-12-24(20-28)30-16-14-29(15-17-30)23-10-5-2-6-11-23/h2,5-6,10-11,18,21,24H,1,3-4,7-9,12-17,19-20H2,(H,26,27)/t24-/m1/s1. The Morgan fingerprint density at radius 2 is 1.67 bits per heavy atom. The maximum Gasteiger partial charge on any atom is 0.0535 e. The van der Waals surface area contributed by atoms with Crippen molar-refractivity contribution in [3.8, 4) is 0 Å². The van der Waals surface area contributed by atoms with Crippen LogP contribution in [0.15, 0.2) is 36.5 Å². The van der Waals surface area contributed by atoms with Gasteiger partial charge in [0.1, 0.15) is 0 Å². The van der Waals surface area contributed by atoms with Gasteiger partial charge in [0.25, 0.3) is 0 Å². The van der Waals surface area contributed by atoms with Crippen molar-refractivity contribution in [3.63, 3.8) is 0 Å². The third-order valence-electron chi connectivity index (χ3n) is 7.59. The highest BCUT2D eigenvalue weighted by Crippen LogP contribution is 2.34. The van der Waals surface area contributed by atoms with Crippen LogP contribution in [0, 0.1) is 0 Å². The van der Waals surface area contributed by atoms with Crippen molar-refractivity contribution in [2.75, 3.05) is 44.2 Å². The van der Waals surface area contributed by atoms with Crippen LogP contribution in [-0.2, 0) is 6.54 Å². The van der Waals surface area contributed by atoms with E-state index in [0.717, 1.165) is 19.6 Å². The molecule has 1 atom stereocenters. The lowest BCUT2D eigenvalue weighted by Crippen LogP contribution is -2.55. The van der Waals surface area contributed by atoms with E-state index < -0.39 is 0 Å². The summed E-state index contributed by atoms with van der Waals surface area (Å²) in [6.07, 6.45) is 11.6. The fourth-order valence-corrected chi connectivity index (χ4v) is 5.89. The summed E-state index contributed by atoms with van der Waals surface area (Å²) in [7, 11) is 0.